The van der Waals surface area contributed by atoms with Gasteiger partial charge in [0, 0.05) is 12.2 Å². The summed E-state index contributed by atoms with van der Waals surface area (Å²) in [6.07, 6.45) is 0. The van der Waals surface area contributed by atoms with E-state index in [4.69, 9.17) is 4.74 Å². The minimum absolute atomic E-state index is 0.341. The van der Waals surface area contributed by atoms with Gasteiger partial charge in [-0.25, -0.2) is 4.79 Å². The summed E-state index contributed by atoms with van der Waals surface area (Å²) in [4.78, 5) is 11.4. The fourth-order valence-electron chi connectivity index (χ4n) is 1.16. The van der Waals surface area contributed by atoms with Gasteiger partial charge in [0.2, 0.25) is 0 Å². The molecule has 14 heavy (non-hydrogen) atoms. The van der Waals surface area contributed by atoms with Crippen molar-refractivity contribution in [2.45, 2.75) is 27.3 Å². The molecule has 0 spiro atoms. The van der Waals surface area contributed by atoms with E-state index in [1.807, 2.05) is 13.8 Å². The summed E-state index contributed by atoms with van der Waals surface area (Å²) in [6.45, 7) is 6.87. The molecule has 1 aromatic heterocycles. The zero-order chi connectivity index (χ0) is 10.7. The number of rotatable bonds is 3. The van der Waals surface area contributed by atoms with Gasteiger partial charge in [0.1, 0.15) is 0 Å². The van der Waals surface area contributed by atoms with Crippen LogP contribution in [0.4, 0.5) is 0 Å². The molecule has 4 nitrogen and oxygen atoms in total. The van der Waals surface area contributed by atoms with Crippen molar-refractivity contribution in [1.82, 2.24) is 9.78 Å². The molecule has 1 heterocycles. The molecule has 0 aromatic carbocycles. The number of esters is 1. The minimum Gasteiger partial charge on any atom is -0.461 e. The van der Waals surface area contributed by atoms with Crippen LogP contribution in [0.5, 0.6) is 0 Å². The quantitative estimate of drug-likeness (QED) is 0.633. The van der Waals surface area contributed by atoms with Crippen LogP contribution in [0, 0.1) is 10.5 Å². The van der Waals surface area contributed by atoms with Crippen molar-refractivity contribution in [1.29, 1.82) is 0 Å². The van der Waals surface area contributed by atoms with Crippen LogP contribution in [0.3, 0.4) is 0 Å². The van der Waals surface area contributed by atoms with Crippen LogP contribution in [0.15, 0.2) is 0 Å². The summed E-state index contributed by atoms with van der Waals surface area (Å²) in [7, 11) is 0. The number of carbonyl (C=O) groups is 1. The zero-order valence-electron chi connectivity index (χ0n) is 8.50. The molecule has 0 amide bonds. The first-order valence-corrected chi connectivity index (χ1v) is 5.59. The molecule has 0 aliphatic heterocycles. The summed E-state index contributed by atoms with van der Waals surface area (Å²) in [5.74, 6) is -0.341. The Hall–Kier alpha value is -0.590. The van der Waals surface area contributed by atoms with Crippen LogP contribution in [0.25, 0.3) is 0 Å². The first kappa shape index (κ1) is 11.5. The Morgan fingerprint density at radius 3 is 2.64 bits per heavy atom. The van der Waals surface area contributed by atoms with Gasteiger partial charge in [-0.2, -0.15) is 5.10 Å². The van der Waals surface area contributed by atoms with Crippen LogP contribution in [-0.4, -0.2) is 22.4 Å². The summed E-state index contributed by atoms with van der Waals surface area (Å²) in [5.41, 5.74) is 1.43. The lowest BCUT2D eigenvalue weighted by Gasteiger charge is -1.97. The third kappa shape index (κ3) is 2.08. The molecule has 0 N–H and O–H groups in total. The topological polar surface area (TPSA) is 44.1 Å². The van der Waals surface area contributed by atoms with Gasteiger partial charge in [0.15, 0.2) is 5.69 Å². The molecular weight excluding hydrogens is 295 g/mol. The van der Waals surface area contributed by atoms with Crippen LogP contribution in [0.1, 0.15) is 30.0 Å². The highest BCUT2D eigenvalue weighted by atomic mass is 127. The summed E-state index contributed by atoms with van der Waals surface area (Å²) in [5, 5.41) is 4.18. The second-order valence-corrected chi connectivity index (χ2v) is 3.86. The standard InChI is InChI=1S/C9H13IN2O2/c1-4-12-6(3)7(10)8(11-12)9(13)14-5-2/h4-5H2,1-3H3. The number of halogens is 1. The Bertz CT molecular complexity index is 347. The maximum absolute atomic E-state index is 11.4. The SMILES string of the molecule is CCOC(=O)c1nn(CC)c(C)c1I. The highest BCUT2D eigenvalue weighted by Crippen LogP contribution is 2.16. The Labute approximate surface area is 96.8 Å². The van der Waals surface area contributed by atoms with E-state index in [1.165, 1.54) is 0 Å². The average molecular weight is 308 g/mol. The molecule has 0 aliphatic carbocycles. The van der Waals surface area contributed by atoms with Crippen LogP contribution >= 0.6 is 22.6 Å². The molecule has 0 unspecified atom stereocenters. The van der Waals surface area contributed by atoms with Gasteiger partial charge in [-0.05, 0) is 43.4 Å². The molecule has 0 radical (unpaired) electrons. The molecule has 1 rings (SSSR count). The lowest BCUT2D eigenvalue weighted by atomic mass is 10.4. The third-order valence-electron chi connectivity index (χ3n) is 1.90. The lowest BCUT2D eigenvalue weighted by molar-refractivity contribution is 0.0517. The molecule has 0 saturated heterocycles. The molecule has 0 aliphatic rings. The molecule has 1 aromatic rings. The molecular formula is C9H13IN2O2. The van der Waals surface area contributed by atoms with Crippen LogP contribution in [0.2, 0.25) is 0 Å². The van der Waals surface area contributed by atoms with Crippen molar-refractivity contribution in [3.8, 4) is 0 Å². The number of hydrogen-bond donors (Lipinski definition) is 0. The van der Waals surface area contributed by atoms with Crippen molar-refractivity contribution in [3.05, 3.63) is 15.0 Å². The monoisotopic (exact) mass is 308 g/mol. The zero-order valence-corrected chi connectivity index (χ0v) is 10.7. The van der Waals surface area contributed by atoms with Crippen molar-refractivity contribution in [3.63, 3.8) is 0 Å². The maximum atomic E-state index is 11.4. The Balaban J connectivity index is 3.04. The van der Waals surface area contributed by atoms with Crippen molar-refractivity contribution >= 4 is 28.6 Å². The maximum Gasteiger partial charge on any atom is 0.359 e. The lowest BCUT2D eigenvalue weighted by Crippen LogP contribution is -2.07. The van der Waals surface area contributed by atoms with E-state index in [9.17, 15) is 4.79 Å². The number of hydrogen-bond acceptors (Lipinski definition) is 3. The number of nitrogens with zero attached hydrogens (tertiary/aromatic N) is 2. The largest absolute Gasteiger partial charge is 0.461 e. The smallest absolute Gasteiger partial charge is 0.359 e. The van der Waals surface area contributed by atoms with E-state index < -0.39 is 0 Å². The van der Waals surface area contributed by atoms with Gasteiger partial charge in [0.05, 0.1) is 10.2 Å². The fourth-order valence-corrected chi connectivity index (χ4v) is 1.77. The van der Waals surface area contributed by atoms with Crippen molar-refractivity contribution < 1.29 is 9.53 Å². The summed E-state index contributed by atoms with van der Waals surface area (Å²) < 4.78 is 7.58. The number of aromatic nitrogens is 2. The van der Waals surface area contributed by atoms with E-state index in [1.54, 1.807) is 11.6 Å². The Kier molecular flexibility index (Phi) is 3.91. The molecule has 78 valence electrons. The fraction of sp³-hybridized carbons (Fsp3) is 0.556. The second kappa shape index (κ2) is 4.77. The Morgan fingerprint density at radius 2 is 2.21 bits per heavy atom. The number of ether oxygens (including phenoxy) is 1. The highest BCUT2D eigenvalue weighted by Gasteiger charge is 2.18. The molecule has 0 fully saturated rings. The predicted octanol–water partition coefficient (Wildman–Crippen LogP) is 1.99. The molecule has 0 bridgehead atoms. The van der Waals surface area contributed by atoms with Crippen molar-refractivity contribution in [2.24, 2.45) is 0 Å². The van der Waals surface area contributed by atoms with Gasteiger partial charge < -0.3 is 4.74 Å². The normalized spacial score (nSPS) is 10.3. The number of carbonyl (C=O) groups excluding carboxylic acids is 1. The predicted molar refractivity (Wildman–Crippen MR) is 61.3 cm³/mol. The second-order valence-electron chi connectivity index (χ2n) is 2.78. The Morgan fingerprint density at radius 1 is 1.57 bits per heavy atom. The van der Waals surface area contributed by atoms with Crippen LogP contribution in [-0.2, 0) is 11.3 Å². The van der Waals surface area contributed by atoms with Gasteiger partial charge in [-0.15, -0.1) is 0 Å². The summed E-state index contributed by atoms with van der Waals surface area (Å²) in [6, 6.07) is 0. The van der Waals surface area contributed by atoms with Gasteiger partial charge in [-0.1, -0.05) is 0 Å². The minimum atomic E-state index is -0.341. The first-order chi connectivity index (χ1) is 6.61. The molecule has 0 atom stereocenters. The van der Waals surface area contributed by atoms with Gasteiger partial charge >= 0.3 is 5.97 Å². The summed E-state index contributed by atoms with van der Waals surface area (Å²) >= 11 is 2.12. The molecule has 5 heteroatoms. The van der Waals surface area contributed by atoms with Crippen LogP contribution < -0.4 is 0 Å². The van der Waals surface area contributed by atoms with E-state index in [0.717, 1.165) is 15.8 Å². The van der Waals surface area contributed by atoms with E-state index >= 15 is 0 Å². The van der Waals surface area contributed by atoms with Crippen molar-refractivity contribution in [2.75, 3.05) is 6.61 Å². The van der Waals surface area contributed by atoms with Gasteiger partial charge in [0.25, 0.3) is 0 Å². The molecule has 0 saturated carbocycles. The van der Waals surface area contributed by atoms with E-state index in [2.05, 4.69) is 27.7 Å². The first-order valence-electron chi connectivity index (χ1n) is 4.51. The highest BCUT2D eigenvalue weighted by molar-refractivity contribution is 14.1. The average Bonchev–Trinajstić information content (AvgIpc) is 2.44. The third-order valence-corrected chi connectivity index (χ3v) is 3.19. The van der Waals surface area contributed by atoms with E-state index in [0.29, 0.717) is 12.3 Å². The number of aryl methyl sites for hydroxylation is 1. The van der Waals surface area contributed by atoms with Gasteiger partial charge in [-0.3, -0.25) is 4.68 Å². The van der Waals surface area contributed by atoms with E-state index in [-0.39, 0.29) is 5.97 Å².